The highest BCUT2D eigenvalue weighted by Crippen LogP contribution is 2.26. The van der Waals surface area contributed by atoms with Gasteiger partial charge in [0.15, 0.2) is 0 Å². The second-order valence-corrected chi connectivity index (χ2v) is 4.14. The van der Waals surface area contributed by atoms with Crippen molar-refractivity contribution in [2.75, 3.05) is 19.0 Å². The largest absolute Gasteiger partial charge is 0.467 e. The predicted octanol–water partition coefficient (Wildman–Crippen LogP) is 1.51. The molecular weight excluding hydrogens is 244 g/mol. The smallest absolute Gasteiger partial charge is 0.322 e. The summed E-state index contributed by atoms with van der Waals surface area (Å²) in [5, 5.41) is 3.30. The first-order valence-electron chi connectivity index (χ1n) is 5.55. The highest BCUT2D eigenvalue weighted by atomic mass is 35.5. The van der Waals surface area contributed by atoms with Crippen LogP contribution in [0.5, 0.6) is 6.01 Å². The quantitative estimate of drug-likeness (QED) is 0.863. The van der Waals surface area contributed by atoms with Crippen molar-refractivity contribution in [3.63, 3.8) is 0 Å². The van der Waals surface area contributed by atoms with Crippen molar-refractivity contribution in [1.29, 1.82) is 0 Å². The molecule has 1 N–H and O–H groups in total. The summed E-state index contributed by atoms with van der Waals surface area (Å²) in [7, 11) is 1.49. The van der Waals surface area contributed by atoms with Crippen molar-refractivity contribution in [2.24, 2.45) is 0 Å². The molecule has 17 heavy (non-hydrogen) atoms. The number of nitrogens with zero attached hydrogens (tertiary/aromatic N) is 3. The summed E-state index contributed by atoms with van der Waals surface area (Å²) >= 11 is 5.74. The summed E-state index contributed by atoms with van der Waals surface area (Å²) in [5.74, 6) is 0.446. The van der Waals surface area contributed by atoms with Gasteiger partial charge in [-0.05, 0) is 31.4 Å². The van der Waals surface area contributed by atoms with Gasteiger partial charge in [0.05, 0.1) is 13.2 Å². The first-order chi connectivity index (χ1) is 8.21. The van der Waals surface area contributed by atoms with Crippen molar-refractivity contribution in [3.05, 3.63) is 5.28 Å². The molecule has 1 saturated carbocycles. The molecule has 0 bridgehead atoms. The zero-order valence-corrected chi connectivity index (χ0v) is 10.6. The minimum Gasteiger partial charge on any atom is -0.467 e. The molecule has 0 aliphatic heterocycles. The Morgan fingerprint density at radius 1 is 1.35 bits per heavy atom. The Bertz CT molecular complexity index is 385. The van der Waals surface area contributed by atoms with E-state index in [0.717, 1.165) is 19.4 Å². The molecule has 7 heteroatoms. The molecular formula is C10H15ClN4O2. The Morgan fingerprint density at radius 2 is 2.12 bits per heavy atom. The lowest BCUT2D eigenvalue weighted by atomic mass is 9.89. The molecule has 1 aromatic rings. The number of nitrogens with one attached hydrogen (secondary N) is 1. The number of rotatable bonds is 5. The topological polar surface area (TPSA) is 69.2 Å². The molecule has 0 saturated heterocycles. The van der Waals surface area contributed by atoms with Gasteiger partial charge in [0.2, 0.25) is 11.2 Å². The maximum Gasteiger partial charge on any atom is 0.322 e. The molecule has 0 aromatic carbocycles. The molecule has 1 fully saturated rings. The highest BCUT2D eigenvalue weighted by molar-refractivity contribution is 6.28. The fourth-order valence-electron chi connectivity index (χ4n) is 1.73. The lowest BCUT2D eigenvalue weighted by Gasteiger charge is -2.35. The molecule has 2 rings (SSSR count). The minimum absolute atomic E-state index is 0.125. The monoisotopic (exact) mass is 258 g/mol. The molecule has 94 valence electrons. The number of hydrogen-bond donors (Lipinski definition) is 1. The van der Waals surface area contributed by atoms with E-state index in [2.05, 4.69) is 20.3 Å². The van der Waals surface area contributed by atoms with Crippen LogP contribution in [0.3, 0.4) is 0 Å². The van der Waals surface area contributed by atoms with Crippen molar-refractivity contribution in [2.45, 2.75) is 31.9 Å². The van der Waals surface area contributed by atoms with E-state index in [1.165, 1.54) is 7.11 Å². The maximum atomic E-state index is 5.74. The molecule has 1 aromatic heterocycles. The minimum atomic E-state index is 0.125. The standard InChI is InChI=1S/C10H15ClN4O2/c1-3-17-7-4-6(5-7)12-9-13-8(11)14-10(15-9)16-2/h6-7H,3-5H2,1-2H3,(H,12,13,14,15). The van der Waals surface area contributed by atoms with Crippen molar-refractivity contribution in [3.8, 4) is 6.01 Å². The summed E-state index contributed by atoms with van der Waals surface area (Å²) < 4.78 is 10.4. The van der Waals surface area contributed by atoms with E-state index in [-0.39, 0.29) is 11.3 Å². The van der Waals surface area contributed by atoms with Crippen LogP contribution in [0.2, 0.25) is 5.28 Å². The van der Waals surface area contributed by atoms with Gasteiger partial charge >= 0.3 is 6.01 Å². The Balaban J connectivity index is 1.89. The molecule has 0 radical (unpaired) electrons. The highest BCUT2D eigenvalue weighted by Gasteiger charge is 2.30. The third kappa shape index (κ3) is 3.17. The fraction of sp³-hybridized carbons (Fsp3) is 0.700. The number of halogens is 1. The van der Waals surface area contributed by atoms with Gasteiger partial charge in [-0.2, -0.15) is 15.0 Å². The molecule has 1 aliphatic carbocycles. The van der Waals surface area contributed by atoms with Gasteiger partial charge < -0.3 is 14.8 Å². The van der Waals surface area contributed by atoms with Gasteiger partial charge in [-0.1, -0.05) is 0 Å². The van der Waals surface area contributed by atoms with E-state index in [1.807, 2.05) is 6.92 Å². The predicted molar refractivity (Wildman–Crippen MR) is 63.4 cm³/mol. The molecule has 1 aliphatic rings. The number of aromatic nitrogens is 3. The Morgan fingerprint density at radius 3 is 2.76 bits per heavy atom. The van der Waals surface area contributed by atoms with Gasteiger partial charge in [0.25, 0.3) is 0 Å². The van der Waals surface area contributed by atoms with Gasteiger partial charge in [0.1, 0.15) is 0 Å². The van der Waals surface area contributed by atoms with Crippen LogP contribution in [-0.4, -0.2) is 40.8 Å². The first-order valence-corrected chi connectivity index (χ1v) is 5.92. The van der Waals surface area contributed by atoms with Gasteiger partial charge in [-0.3, -0.25) is 0 Å². The van der Waals surface area contributed by atoms with Crippen molar-refractivity contribution >= 4 is 17.5 Å². The van der Waals surface area contributed by atoms with E-state index in [4.69, 9.17) is 21.1 Å². The zero-order chi connectivity index (χ0) is 12.3. The van der Waals surface area contributed by atoms with Gasteiger partial charge in [0, 0.05) is 12.6 Å². The van der Waals surface area contributed by atoms with Crippen LogP contribution in [0, 0.1) is 0 Å². The summed E-state index contributed by atoms with van der Waals surface area (Å²) in [6.45, 7) is 2.75. The van der Waals surface area contributed by atoms with E-state index < -0.39 is 0 Å². The number of anilines is 1. The fourth-order valence-corrected chi connectivity index (χ4v) is 1.88. The van der Waals surface area contributed by atoms with E-state index in [0.29, 0.717) is 18.1 Å². The van der Waals surface area contributed by atoms with Crippen LogP contribution in [0.4, 0.5) is 5.95 Å². The summed E-state index contributed by atoms with van der Waals surface area (Å²) in [6.07, 6.45) is 2.26. The molecule has 0 amide bonds. The summed E-state index contributed by atoms with van der Waals surface area (Å²) in [5.41, 5.74) is 0. The molecule has 0 unspecified atom stereocenters. The summed E-state index contributed by atoms with van der Waals surface area (Å²) in [6, 6.07) is 0.544. The van der Waals surface area contributed by atoms with Crippen molar-refractivity contribution in [1.82, 2.24) is 15.0 Å². The Hall–Kier alpha value is -1.14. The Labute approximate surface area is 105 Å². The average molecular weight is 259 g/mol. The van der Waals surface area contributed by atoms with Crippen LogP contribution in [0.15, 0.2) is 0 Å². The SMILES string of the molecule is CCOC1CC(Nc2nc(Cl)nc(OC)n2)C1. The molecule has 6 nitrogen and oxygen atoms in total. The van der Waals surface area contributed by atoms with Crippen molar-refractivity contribution < 1.29 is 9.47 Å². The zero-order valence-electron chi connectivity index (χ0n) is 9.81. The van der Waals surface area contributed by atoms with Crippen LogP contribution >= 0.6 is 11.6 Å². The molecule has 1 heterocycles. The third-order valence-electron chi connectivity index (χ3n) is 2.60. The lowest BCUT2D eigenvalue weighted by Crippen LogP contribution is -2.41. The normalized spacial score (nSPS) is 23.0. The Kier molecular flexibility index (Phi) is 3.96. The second kappa shape index (κ2) is 5.46. The second-order valence-electron chi connectivity index (χ2n) is 3.80. The first kappa shape index (κ1) is 12.3. The van der Waals surface area contributed by atoms with Crippen LogP contribution in [-0.2, 0) is 4.74 Å². The summed E-state index contributed by atoms with van der Waals surface area (Å²) in [4.78, 5) is 11.9. The molecule has 0 atom stereocenters. The van der Waals surface area contributed by atoms with E-state index in [9.17, 15) is 0 Å². The maximum absolute atomic E-state index is 5.74. The van der Waals surface area contributed by atoms with Gasteiger partial charge in [-0.25, -0.2) is 0 Å². The van der Waals surface area contributed by atoms with Crippen LogP contribution in [0.1, 0.15) is 19.8 Å². The molecule has 0 spiro atoms. The lowest BCUT2D eigenvalue weighted by molar-refractivity contribution is 0.00284. The van der Waals surface area contributed by atoms with E-state index >= 15 is 0 Å². The van der Waals surface area contributed by atoms with Gasteiger partial charge in [-0.15, -0.1) is 0 Å². The number of ether oxygens (including phenoxy) is 2. The third-order valence-corrected chi connectivity index (χ3v) is 2.77. The number of methoxy groups -OCH3 is 1. The average Bonchev–Trinajstić information content (AvgIpc) is 2.25. The van der Waals surface area contributed by atoms with Crippen LogP contribution < -0.4 is 10.1 Å². The van der Waals surface area contributed by atoms with E-state index in [1.54, 1.807) is 0 Å². The van der Waals surface area contributed by atoms with Crippen LogP contribution in [0.25, 0.3) is 0 Å². The number of hydrogen-bond acceptors (Lipinski definition) is 6.